The van der Waals surface area contributed by atoms with Gasteiger partial charge < -0.3 is 24.1 Å². The van der Waals surface area contributed by atoms with Crippen LogP contribution in [0.4, 0.5) is 0 Å². The molecule has 1 aromatic heterocycles. The second-order valence-electron chi connectivity index (χ2n) is 12.7. The fourth-order valence-electron chi connectivity index (χ4n) is 7.36. The van der Waals surface area contributed by atoms with E-state index < -0.39 is 11.5 Å². The van der Waals surface area contributed by atoms with Gasteiger partial charge in [-0.3, -0.25) is 0 Å². The number of nitrogens with one attached hydrogen (secondary N) is 1. The molecular formula is C42H40N2O4. The van der Waals surface area contributed by atoms with Crippen LogP contribution in [0.5, 0.6) is 0 Å². The quantitative estimate of drug-likeness (QED) is 0.0855. The number of para-hydroxylation sites is 1. The lowest BCUT2D eigenvalue weighted by atomic mass is 9.69. The van der Waals surface area contributed by atoms with Crippen LogP contribution < -0.4 is 0 Å². The van der Waals surface area contributed by atoms with E-state index in [1.54, 1.807) is 12.1 Å². The van der Waals surface area contributed by atoms with E-state index in [0.29, 0.717) is 51.4 Å². The summed E-state index contributed by atoms with van der Waals surface area (Å²) in [5.74, 6) is 2.92. The predicted octanol–water partition coefficient (Wildman–Crippen LogP) is 7.98. The highest BCUT2D eigenvalue weighted by Gasteiger charge is 2.53. The largest absolute Gasteiger partial charge is 0.458 e. The number of hydrogen-bond acceptors (Lipinski definition) is 5. The maximum atomic E-state index is 13.8. The third kappa shape index (κ3) is 6.40. The highest BCUT2D eigenvalue weighted by atomic mass is 16.5. The van der Waals surface area contributed by atoms with Gasteiger partial charge in [0.2, 0.25) is 0 Å². The zero-order valence-corrected chi connectivity index (χ0v) is 27.0. The van der Waals surface area contributed by atoms with Crippen molar-refractivity contribution in [2.75, 3.05) is 19.8 Å². The number of ether oxygens (including phenoxy) is 3. The third-order valence-corrected chi connectivity index (χ3v) is 9.65. The smallest absolute Gasteiger partial charge is 0.338 e. The molecule has 6 nitrogen and oxygen atoms in total. The van der Waals surface area contributed by atoms with Gasteiger partial charge in [0.15, 0.2) is 0 Å². The van der Waals surface area contributed by atoms with E-state index in [-0.39, 0.29) is 17.9 Å². The van der Waals surface area contributed by atoms with Gasteiger partial charge in [-0.15, -0.1) is 6.58 Å². The Morgan fingerprint density at radius 1 is 0.854 bits per heavy atom. The molecule has 0 radical (unpaired) electrons. The summed E-state index contributed by atoms with van der Waals surface area (Å²) in [5, 5.41) is 1.12. The number of carbonyl (C=O) groups excluding carboxylic acids is 1. The molecule has 5 aromatic rings. The average Bonchev–Trinajstić information content (AvgIpc) is 3.48. The van der Waals surface area contributed by atoms with Gasteiger partial charge in [0, 0.05) is 53.5 Å². The van der Waals surface area contributed by atoms with Crippen molar-refractivity contribution in [3.8, 4) is 12.0 Å². The van der Waals surface area contributed by atoms with E-state index in [0.717, 1.165) is 33.3 Å². The minimum atomic E-state index is -0.729. The summed E-state index contributed by atoms with van der Waals surface area (Å²) < 4.78 is 20.0. The molecule has 1 aliphatic heterocycles. The Morgan fingerprint density at radius 3 is 2.10 bits per heavy atom. The van der Waals surface area contributed by atoms with Crippen LogP contribution in [0.25, 0.3) is 10.9 Å². The number of aromatic amines is 1. The first kappa shape index (κ1) is 31.5. The van der Waals surface area contributed by atoms with Crippen molar-refractivity contribution in [1.29, 1.82) is 0 Å². The lowest BCUT2D eigenvalue weighted by molar-refractivity contribution is -0.0619. The summed E-state index contributed by atoms with van der Waals surface area (Å²) in [4.78, 5) is 19.8. The summed E-state index contributed by atoms with van der Waals surface area (Å²) in [7, 11) is 0. The van der Waals surface area contributed by atoms with Crippen molar-refractivity contribution < 1.29 is 19.0 Å². The van der Waals surface area contributed by atoms with E-state index in [2.05, 4.69) is 77.0 Å². The number of fused-ring (bicyclic) bond motifs is 7. The molecule has 0 amide bonds. The average molecular weight is 637 g/mol. The van der Waals surface area contributed by atoms with Crippen LogP contribution in [-0.4, -0.2) is 41.7 Å². The molecule has 7 rings (SSSR count). The van der Waals surface area contributed by atoms with Crippen molar-refractivity contribution in [1.82, 2.24) is 9.88 Å². The summed E-state index contributed by atoms with van der Waals surface area (Å²) in [5.41, 5.74) is 5.23. The van der Waals surface area contributed by atoms with E-state index >= 15 is 0 Å². The van der Waals surface area contributed by atoms with Gasteiger partial charge in [0.1, 0.15) is 6.10 Å². The molecule has 6 heteroatoms. The van der Waals surface area contributed by atoms with Crippen LogP contribution in [0.3, 0.4) is 0 Å². The second-order valence-corrected chi connectivity index (χ2v) is 12.7. The standard InChI is InChI=1S/C42H40N2O4/c1-2-24-44-25-14-22-35-38(48-41(45)33-19-10-5-11-20-33)26-37(44)39-34-21-12-13-23-36(34)43-40(39)42(35,29-46-27-31-15-6-3-7-16-31)30-47-28-32-17-8-4-9-18-32/h2-13,15-21,23,35,37-38,43H,1,22,24,26-30H2. The molecule has 0 spiro atoms. The lowest BCUT2D eigenvalue weighted by Gasteiger charge is -2.42. The lowest BCUT2D eigenvalue weighted by Crippen LogP contribution is -2.49. The molecule has 1 N–H and O–H groups in total. The number of benzene rings is 4. The SMILES string of the molecule is C=CCN1C#CCC2C(OC(=O)c3ccccc3)CC1c1c([nH]c3ccccc13)C2(COCc1ccccc1)COCc1ccccc1. The molecule has 0 saturated heterocycles. The number of esters is 1. The number of rotatable bonds is 12. The molecule has 3 atom stereocenters. The Kier molecular flexibility index (Phi) is 9.42. The number of carbonyl (C=O) groups is 1. The van der Waals surface area contributed by atoms with Gasteiger partial charge in [0.25, 0.3) is 0 Å². The van der Waals surface area contributed by atoms with Gasteiger partial charge in [-0.1, -0.05) is 109 Å². The predicted molar refractivity (Wildman–Crippen MR) is 188 cm³/mol. The maximum Gasteiger partial charge on any atom is 0.338 e. The minimum absolute atomic E-state index is 0.164. The highest BCUT2D eigenvalue weighted by Crippen LogP contribution is 2.51. The highest BCUT2D eigenvalue weighted by molar-refractivity contribution is 5.89. The van der Waals surface area contributed by atoms with Crippen molar-refractivity contribution in [3.63, 3.8) is 0 Å². The van der Waals surface area contributed by atoms with Gasteiger partial charge in [-0.2, -0.15) is 0 Å². The zero-order chi connectivity index (χ0) is 32.8. The van der Waals surface area contributed by atoms with E-state index in [9.17, 15) is 4.79 Å². The van der Waals surface area contributed by atoms with Gasteiger partial charge in [-0.05, 0) is 29.3 Å². The Hall–Kier alpha value is -5.09. The van der Waals surface area contributed by atoms with Gasteiger partial charge >= 0.3 is 5.97 Å². The Balaban J connectivity index is 1.37. The first-order chi connectivity index (χ1) is 23.7. The Labute approximate surface area is 282 Å². The molecule has 2 aliphatic rings. The molecule has 4 aromatic carbocycles. The van der Waals surface area contributed by atoms with Crippen LogP contribution in [-0.2, 0) is 32.8 Å². The van der Waals surface area contributed by atoms with E-state index in [1.807, 2.05) is 60.7 Å². The first-order valence-electron chi connectivity index (χ1n) is 16.6. The molecule has 242 valence electrons. The van der Waals surface area contributed by atoms with Crippen molar-refractivity contribution in [2.45, 2.75) is 43.6 Å². The zero-order valence-electron chi connectivity index (χ0n) is 27.0. The molecular weight excluding hydrogens is 596 g/mol. The van der Waals surface area contributed by atoms with Crippen molar-refractivity contribution >= 4 is 16.9 Å². The van der Waals surface area contributed by atoms with Crippen molar-refractivity contribution in [3.05, 3.63) is 156 Å². The maximum absolute atomic E-state index is 13.8. The minimum Gasteiger partial charge on any atom is -0.458 e. The third-order valence-electron chi connectivity index (χ3n) is 9.65. The number of aromatic nitrogens is 1. The molecule has 0 fully saturated rings. The fourth-order valence-corrected chi connectivity index (χ4v) is 7.36. The van der Waals surface area contributed by atoms with E-state index in [4.69, 9.17) is 14.2 Å². The summed E-state index contributed by atoms with van der Waals surface area (Å²) in [6, 6.07) is 41.4. The Bertz CT molecular complexity index is 1860. The molecule has 3 unspecified atom stereocenters. The number of H-pyrrole nitrogens is 1. The van der Waals surface area contributed by atoms with Crippen LogP contribution in [0.2, 0.25) is 0 Å². The second kappa shape index (κ2) is 14.4. The molecule has 2 heterocycles. The van der Waals surface area contributed by atoms with Crippen molar-refractivity contribution in [2.24, 2.45) is 5.92 Å². The van der Waals surface area contributed by atoms with Gasteiger partial charge in [0.05, 0.1) is 43.4 Å². The summed E-state index contributed by atoms with van der Waals surface area (Å²) in [6.07, 6.45) is 2.48. The summed E-state index contributed by atoms with van der Waals surface area (Å²) >= 11 is 0. The number of hydrogen-bond donors (Lipinski definition) is 1. The fraction of sp³-hybridized carbons (Fsp3) is 0.262. The van der Waals surface area contributed by atoms with E-state index in [1.165, 1.54) is 0 Å². The first-order valence-corrected chi connectivity index (χ1v) is 16.6. The number of nitrogens with zero attached hydrogens (tertiary/aromatic N) is 1. The van der Waals surface area contributed by atoms with Crippen LogP contribution in [0.1, 0.15) is 51.6 Å². The van der Waals surface area contributed by atoms with Crippen LogP contribution in [0, 0.1) is 17.9 Å². The summed E-state index contributed by atoms with van der Waals surface area (Å²) in [6.45, 7) is 6.19. The van der Waals surface area contributed by atoms with Crippen LogP contribution >= 0.6 is 0 Å². The molecule has 1 aliphatic carbocycles. The molecule has 48 heavy (non-hydrogen) atoms. The molecule has 2 bridgehead atoms. The van der Waals surface area contributed by atoms with Crippen LogP contribution in [0.15, 0.2) is 128 Å². The van der Waals surface area contributed by atoms with Gasteiger partial charge in [-0.25, -0.2) is 4.79 Å². The topological polar surface area (TPSA) is 63.8 Å². The normalized spacial score (nSPS) is 19.3. The Morgan fingerprint density at radius 2 is 1.46 bits per heavy atom. The monoisotopic (exact) mass is 636 g/mol. The molecule has 0 saturated carbocycles.